The Balaban J connectivity index is 1.72. The van der Waals surface area contributed by atoms with E-state index in [1.807, 2.05) is 24.3 Å². The second-order valence-electron chi connectivity index (χ2n) is 4.90. The van der Waals surface area contributed by atoms with E-state index in [1.54, 1.807) is 7.11 Å². The molecular weight excluding hydrogens is 240 g/mol. The summed E-state index contributed by atoms with van der Waals surface area (Å²) in [4.78, 5) is 14.0. The minimum Gasteiger partial charge on any atom is -0.496 e. The van der Waals surface area contributed by atoms with E-state index in [-0.39, 0.29) is 5.91 Å². The SMILES string of the molecule is COc1ccccc1CCNC(=O)CN1CCCC1. The number of carbonyl (C=O) groups is 1. The molecule has 19 heavy (non-hydrogen) atoms. The first-order valence-electron chi connectivity index (χ1n) is 6.90. The van der Waals surface area contributed by atoms with Gasteiger partial charge >= 0.3 is 0 Å². The van der Waals surface area contributed by atoms with Crippen molar-refractivity contribution in [2.45, 2.75) is 19.3 Å². The smallest absolute Gasteiger partial charge is 0.234 e. The third-order valence-corrected chi connectivity index (χ3v) is 3.47. The number of carbonyl (C=O) groups excluding carboxylic acids is 1. The predicted molar refractivity (Wildman–Crippen MR) is 75.4 cm³/mol. The van der Waals surface area contributed by atoms with Gasteiger partial charge in [-0.15, -0.1) is 0 Å². The third-order valence-electron chi connectivity index (χ3n) is 3.47. The molecule has 1 aliphatic heterocycles. The number of amides is 1. The van der Waals surface area contributed by atoms with Crippen LogP contribution in [0.3, 0.4) is 0 Å². The van der Waals surface area contributed by atoms with Crippen LogP contribution >= 0.6 is 0 Å². The van der Waals surface area contributed by atoms with Crippen molar-refractivity contribution in [3.05, 3.63) is 29.8 Å². The van der Waals surface area contributed by atoms with Crippen molar-refractivity contribution >= 4 is 5.91 Å². The highest BCUT2D eigenvalue weighted by atomic mass is 16.5. The monoisotopic (exact) mass is 262 g/mol. The van der Waals surface area contributed by atoms with Crippen molar-refractivity contribution in [2.24, 2.45) is 0 Å². The summed E-state index contributed by atoms with van der Waals surface area (Å²) in [5, 5.41) is 2.97. The van der Waals surface area contributed by atoms with Crippen LogP contribution in [0.5, 0.6) is 5.75 Å². The first-order chi connectivity index (χ1) is 9.29. The predicted octanol–water partition coefficient (Wildman–Crippen LogP) is 1.45. The van der Waals surface area contributed by atoms with Gasteiger partial charge in [0.05, 0.1) is 13.7 Å². The lowest BCUT2D eigenvalue weighted by atomic mass is 10.1. The minimum absolute atomic E-state index is 0.122. The van der Waals surface area contributed by atoms with E-state index >= 15 is 0 Å². The average molecular weight is 262 g/mol. The van der Waals surface area contributed by atoms with E-state index < -0.39 is 0 Å². The molecule has 1 amide bonds. The van der Waals surface area contributed by atoms with Crippen LogP contribution in [0.15, 0.2) is 24.3 Å². The molecule has 104 valence electrons. The minimum atomic E-state index is 0.122. The van der Waals surface area contributed by atoms with Crippen molar-refractivity contribution in [3.63, 3.8) is 0 Å². The first-order valence-corrected chi connectivity index (χ1v) is 6.90. The second kappa shape index (κ2) is 7.14. The van der Waals surface area contributed by atoms with Gasteiger partial charge in [-0.1, -0.05) is 18.2 Å². The number of hydrogen-bond acceptors (Lipinski definition) is 3. The molecule has 1 aliphatic rings. The number of ether oxygens (including phenoxy) is 1. The van der Waals surface area contributed by atoms with Gasteiger partial charge in [0, 0.05) is 6.54 Å². The maximum absolute atomic E-state index is 11.8. The van der Waals surface area contributed by atoms with Gasteiger partial charge in [0.15, 0.2) is 0 Å². The average Bonchev–Trinajstić information content (AvgIpc) is 2.92. The van der Waals surface area contributed by atoms with Crippen molar-refractivity contribution in [2.75, 3.05) is 33.3 Å². The fourth-order valence-corrected chi connectivity index (χ4v) is 2.45. The van der Waals surface area contributed by atoms with E-state index in [0.717, 1.165) is 30.8 Å². The highest BCUT2D eigenvalue weighted by Gasteiger charge is 2.14. The van der Waals surface area contributed by atoms with Gasteiger partial charge in [-0.3, -0.25) is 9.69 Å². The summed E-state index contributed by atoms with van der Waals surface area (Å²) in [5.41, 5.74) is 1.13. The lowest BCUT2D eigenvalue weighted by Gasteiger charge is -2.14. The quantitative estimate of drug-likeness (QED) is 0.843. The summed E-state index contributed by atoms with van der Waals surface area (Å²) >= 11 is 0. The van der Waals surface area contributed by atoms with Gasteiger partial charge in [-0.25, -0.2) is 0 Å². The van der Waals surface area contributed by atoms with Crippen LogP contribution in [0.4, 0.5) is 0 Å². The molecule has 0 saturated carbocycles. The molecule has 4 nitrogen and oxygen atoms in total. The molecule has 0 spiro atoms. The Bertz CT molecular complexity index is 414. The Morgan fingerprint density at radius 1 is 1.32 bits per heavy atom. The van der Waals surface area contributed by atoms with Crippen LogP contribution < -0.4 is 10.1 Å². The third kappa shape index (κ3) is 4.24. The number of rotatable bonds is 6. The fourth-order valence-electron chi connectivity index (χ4n) is 2.45. The molecule has 0 aromatic heterocycles. The number of nitrogens with zero attached hydrogens (tertiary/aromatic N) is 1. The maximum Gasteiger partial charge on any atom is 0.234 e. The van der Waals surface area contributed by atoms with Crippen LogP contribution in [-0.2, 0) is 11.2 Å². The molecule has 2 rings (SSSR count). The summed E-state index contributed by atoms with van der Waals surface area (Å²) in [6.45, 7) is 3.30. The second-order valence-corrected chi connectivity index (χ2v) is 4.90. The van der Waals surface area contributed by atoms with Crippen molar-refractivity contribution in [1.82, 2.24) is 10.2 Å². The number of methoxy groups -OCH3 is 1. The summed E-state index contributed by atoms with van der Waals surface area (Å²) < 4.78 is 5.29. The Morgan fingerprint density at radius 2 is 2.05 bits per heavy atom. The molecule has 0 atom stereocenters. The highest BCUT2D eigenvalue weighted by molar-refractivity contribution is 5.78. The molecule has 1 aromatic carbocycles. The lowest BCUT2D eigenvalue weighted by Crippen LogP contribution is -2.36. The van der Waals surface area contributed by atoms with E-state index in [1.165, 1.54) is 12.8 Å². The summed E-state index contributed by atoms with van der Waals surface area (Å²) in [7, 11) is 1.67. The van der Waals surface area contributed by atoms with Gasteiger partial charge in [0.25, 0.3) is 0 Å². The van der Waals surface area contributed by atoms with Gasteiger partial charge in [-0.05, 0) is 44.0 Å². The first kappa shape index (κ1) is 13.9. The summed E-state index contributed by atoms with van der Waals surface area (Å²) in [5.74, 6) is 1.01. The molecule has 0 unspecified atom stereocenters. The van der Waals surface area contributed by atoms with Crippen molar-refractivity contribution < 1.29 is 9.53 Å². The zero-order valence-electron chi connectivity index (χ0n) is 11.5. The molecule has 0 radical (unpaired) electrons. The van der Waals surface area contributed by atoms with Gasteiger partial charge in [0.2, 0.25) is 5.91 Å². The molecule has 1 saturated heterocycles. The Kier molecular flexibility index (Phi) is 5.21. The lowest BCUT2D eigenvalue weighted by molar-refractivity contribution is -0.121. The Morgan fingerprint density at radius 3 is 2.79 bits per heavy atom. The Labute approximate surface area is 114 Å². The molecule has 0 bridgehead atoms. The van der Waals surface area contributed by atoms with Crippen LogP contribution in [0.25, 0.3) is 0 Å². The number of hydrogen-bond donors (Lipinski definition) is 1. The zero-order chi connectivity index (χ0) is 13.5. The van der Waals surface area contributed by atoms with E-state index in [4.69, 9.17) is 4.74 Å². The molecule has 4 heteroatoms. The topological polar surface area (TPSA) is 41.6 Å². The normalized spacial score (nSPS) is 15.4. The van der Waals surface area contributed by atoms with Crippen LogP contribution in [0.1, 0.15) is 18.4 Å². The van der Waals surface area contributed by atoms with Crippen LogP contribution in [0, 0.1) is 0 Å². The van der Waals surface area contributed by atoms with Crippen LogP contribution in [-0.4, -0.2) is 44.1 Å². The standard InChI is InChI=1S/C15H22N2O2/c1-19-14-7-3-2-6-13(14)8-9-16-15(18)12-17-10-4-5-11-17/h2-3,6-7H,4-5,8-12H2,1H3,(H,16,18). The zero-order valence-corrected chi connectivity index (χ0v) is 11.5. The molecule has 1 fully saturated rings. The van der Waals surface area contributed by atoms with Gasteiger partial charge in [-0.2, -0.15) is 0 Å². The van der Waals surface area contributed by atoms with E-state index in [2.05, 4.69) is 10.2 Å². The molecular formula is C15H22N2O2. The molecule has 1 aromatic rings. The largest absolute Gasteiger partial charge is 0.496 e. The van der Waals surface area contributed by atoms with E-state index in [9.17, 15) is 4.79 Å². The Hall–Kier alpha value is -1.55. The molecule has 1 heterocycles. The number of likely N-dealkylation sites (tertiary alicyclic amines) is 1. The van der Waals surface area contributed by atoms with E-state index in [0.29, 0.717) is 13.1 Å². The summed E-state index contributed by atoms with van der Waals surface area (Å²) in [6.07, 6.45) is 3.23. The van der Waals surface area contributed by atoms with Crippen LogP contribution in [0.2, 0.25) is 0 Å². The maximum atomic E-state index is 11.8. The number of para-hydroxylation sites is 1. The summed E-state index contributed by atoms with van der Waals surface area (Å²) in [6, 6.07) is 7.92. The van der Waals surface area contributed by atoms with Gasteiger partial charge in [0.1, 0.15) is 5.75 Å². The van der Waals surface area contributed by atoms with Gasteiger partial charge < -0.3 is 10.1 Å². The highest BCUT2D eigenvalue weighted by Crippen LogP contribution is 2.17. The number of benzene rings is 1. The molecule has 1 N–H and O–H groups in total. The molecule has 0 aliphatic carbocycles. The van der Waals surface area contributed by atoms with Crippen molar-refractivity contribution in [1.29, 1.82) is 0 Å². The fraction of sp³-hybridized carbons (Fsp3) is 0.533. The van der Waals surface area contributed by atoms with Crippen molar-refractivity contribution in [3.8, 4) is 5.75 Å². The number of nitrogens with one attached hydrogen (secondary N) is 1.